The molecule has 0 aliphatic rings. The van der Waals surface area contributed by atoms with Gasteiger partial charge in [-0.2, -0.15) is 0 Å². The number of benzene rings is 1. The lowest BCUT2D eigenvalue weighted by atomic mass is 10.0. The molecule has 0 radical (unpaired) electrons. The second kappa shape index (κ2) is 4.13. The Morgan fingerprint density at radius 2 is 1.93 bits per heavy atom. The normalized spacial score (nSPS) is 10.2. The minimum absolute atomic E-state index is 0.0671. The van der Waals surface area contributed by atoms with Crippen molar-refractivity contribution >= 4 is 5.78 Å². The van der Waals surface area contributed by atoms with Gasteiger partial charge in [0.1, 0.15) is 0 Å². The van der Waals surface area contributed by atoms with Crippen molar-refractivity contribution in [2.45, 2.75) is 13.3 Å². The molecule has 1 aromatic heterocycles. The average molecular weight is 199 g/mol. The van der Waals surface area contributed by atoms with Crippen LogP contribution >= 0.6 is 0 Å². The fourth-order valence-corrected chi connectivity index (χ4v) is 1.64. The van der Waals surface area contributed by atoms with Crippen LogP contribution in [0.15, 0.2) is 42.6 Å². The van der Waals surface area contributed by atoms with Gasteiger partial charge >= 0.3 is 0 Å². The Morgan fingerprint density at radius 1 is 1.20 bits per heavy atom. The van der Waals surface area contributed by atoms with Crippen LogP contribution in [0.1, 0.15) is 28.5 Å². The summed E-state index contributed by atoms with van der Waals surface area (Å²) in [6.45, 7) is 2.05. The van der Waals surface area contributed by atoms with Crippen molar-refractivity contribution in [2.75, 3.05) is 0 Å². The van der Waals surface area contributed by atoms with Gasteiger partial charge < -0.3 is 4.98 Å². The van der Waals surface area contributed by atoms with E-state index in [2.05, 4.69) is 4.98 Å². The van der Waals surface area contributed by atoms with Crippen molar-refractivity contribution in [3.8, 4) is 0 Å². The van der Waals surface area contributed by atoms with Gasteiger partial charge in [0.05, 0.1) is 5.69 Å². The third-order valence-corrected chi connectivity index (χ3v) is 2.48. The molecule has 0 atom stereocenters. The van der Waals surface area contributed by atoms with Gasteiger partial charge in [-0.3, -0.25) is 4.79 Å². The quantitative estimate of drug-likeness (QED) is 0.757. The molecule has 2 rings (SSSR count). The number of aromatic amines is 1. The third-order valence-electron chi connectivity index (χ3n) is 2.48. The number of aryl methyl sites for hydroxylation is 1. The zero-order chi connectivity index (χ0) is 10.7. The SMILES string of the molecule is CCc1cc[nH]c1C(=O)c1ccccc1. The fourth-order valence-electron chi connectivity index (χ4n) is 1.64. The summed E-state index contributed by atoms with van der Waals surface area (Å²) in [6, 6.07) is 11.3. The first kappa shape index (κ1) is 9.71. The molecule has 0 spiro atoms. The highest BCUT2D eigenvalue weighted by molar-refractivity contribution is 6.08. The maximum Gasteiger partial charge on any atom is 0.209 e. The Bertz CT molecular complexity index is 456. The highest BCUT2D eigenvalue weighted by Crippen LogP contribution is 2.13. The summed E-state index contributed by atoms with van der Waals surface area (Å²) in [6.07, 6.45) is 2.69. The molecule has 0 saturated carbocycles. The Kier molecular flexibility index (Phi) is 2.68. The summed E-state index contributed by atoms with van der Waals surface area (Å²) in [7, 11) is 0. The molecule has 0 bridgehead atoms. The monoisotopic (exact) mass is 199 g/mol. The van der Waals surface area contributed by atoms with E-state index in [1.807, 2.05) is 49.5 Å². The molecular weight excluding hydrogens is 186 g/mol. The van der Waals surface area contributed by atoms with Crippen LogP contribution in [0.2, 0.25) is 0 Å². The molecular formula is C13H13NO. The van der Waals surface area contributed by atoms with E-state index >= 15 is 0 Å². The molecule has 2 aromatic rings. The van der Waals surface area contributed by atoms with Crippen LogP contribution in [-0.4, -0.2) is 10.8 Å². The second-order valence-electron chi connectivity index (χ2n) is 3.43. The standard InChI is InChI=1S/C13H13NO/c1-2-10-8-9-14-12(10)13(15)11-6-4-3-5-7-11/h3-9,14H,2H2,1H3. The van der Waals surface area contributed by atoms with Gasteiger partial charge in [0.2, 0.25) is 5.78 Å². The van der Waals surface area contributed by atoms with E-state index in [0.29, 0.717) is 5.69 Å². The van der Waals surface area contributed by atoms with E-state index < -0.39 is 0 Å². The largest absolute Gasteiger partial charge is 0.358 e. The summed E-state index contributed by atoms with van der Waals surface area (Å²) in [4.78, 5) is 15.1. The molecule has 2 heteroatoms. The molecule has 1 aromatic carbocycles. The van der Waals surface area contributed by atoms with Crippen LogP contribution in [0.5, 0.6) is 0 Å². The number of hydrogen-bond acceptors (Lipinski definition) is 1. The second-order valence-corrected chi connectivity index (χ2v) is 3.43. The van der Waals surface area contributed by atoms with Gasteiger partial charge in [-0.25, -0.2) is 0 Å². The predicted octanol–water partition coefficient (Wildman–Crippen LogP) is 2.81. The van der Waals surface area contributed by atoms with Crippen molar-refractivity contribution in [2.24, 2.45) is 0 Å². The summed E-state index contributed by atoms with van der Waals surface area (Å²) < 4.78 is 0. The Morgan fingerprint density at radius 3 is 2.60 bits per heavy atom. The summed E-state index contributed by atoms with van der Waals surface area (Å²) >= 11 is 0. The van der Waals surface area contributed by atoms with Gasteiger partial charge in [-0.15, -0.1) is 0 Å². The van der Waals surface area contributed by atoms with Crippen LogP contribution in [0.4, 0.5) is 0 Å². The van der Waals surface area contributed by atoms with E-state index in [-0.39, 0.29) is 5.78 Å². The molecule has 0 fully saturated rings. The van der Waals surface area contributed by atoms with Crippen molar-refractivity contribution in [3.63, 3.8) is 0 Å². The number of carbonyl (C=O) groups is 1. The number of carbonyl (C=O) groups excluding carboxylic acids is 1. The van der Waals surface area contributed by atoms with Gasteiger partial charge in [-0.1, -0.05) is 37.3 Å². The van der Waals surface area contributed by atoms with Gasteiger partial charge in [0.25, 0.3) is 0 Å². The van der Waals surface area contributed by atoms with E-state index in [9.17, 15) is 4.79 Å². The van der Waals surface area contributed by atoms with E-state index in [1.54, 1.807) is 0 Å². The predicted molar refractivity (Wildman–Crippen MR) is 60.0 cm³/mol. The topological polar surface area (TPSA) is 32.9 Å². The van der Waals surface area contributed by atoms with Gasteiger partial charge in [0.15, 0.2) is 0 Å². The lowest BCUT2D eigenvalue weighted by Crippen LogP contribution is -2.04. The molecule has 0 aliphatic heterocycles. The lowest BCUT2D eigenvalue weighted by Gasteiger charge is -2.01. The molecule has 0 saturated heterocycles. The Labute approximate surface area is 89.0 Å². The summed E-state index contributed by atoms with van der Waals surface area (Å²) in [5, 5.41) is 0. The third kappa shape index (κ3) is 1.84. The first-order chi connectivity index (χ1) is 7.33. The highest BCUT2D eigenvalue weighted by Gasteiger charge is 2.12. The zero-order valence-electron chi connectivity index (χ0n) is 8.66. The van der Waals surface area contributed by atoms with Crippen molar-refractivity contribution in [1.29, 1.82) is 0 Å². The number of rotatable bonds is 3. The van der Waals surface area contributed by atoms with E-state index in [0.717, 1.165) is 17.5 Å². The van der Waals surface area contributed by atoms with Crippen molar-refractivity contribution < 1.29 is 4.79 Å². The van der Waals surface area contributed by atoms with Gasteiger partial charge in [-0.05, 0) is 18.1 Å². The molecule has 1 heterocycles. The Balaban J connectivity index is 2.37. The molecule has 1 N–H and O–H groups in total. The van der Waals surface area contributed by atoms with E-state index in [4.69, 9.17) is 0 Å². The maximum absolute atomic E-state index is 12.1. The molecule has 0 unspecified atom stereocenters. The van der Waals surface area contributed by atoms with Crippen LogP contribution in [0.25, 0.3) is 0 Å². The van der Waals surface area contributed by atoms with Gasteiger partial charge in [0, 0.05) is 11.8 Å². The van der Waals surface area contributed by atoms with Crippen molar-refractivity contribution in [1.82, 2.24) is 4.98 Å². The maximum atomic E-state index is 12.1. The number of aromatic nitrogens is 1. The van der Waals surface area contributed by atoms with Crippen LogP contribution < -0.4 is 0 Å². The van der Waals surface area contributed by atoms with E-state index in [1.165, 1.54) is 0 Å². The number of ketones is 1. The molecule has 76 valence electrons. The average Bonchev–Trinajstić information content (AvgIpc) is 2.77. The van der Waals surface area contributed by atoms with Crippen LogP contribution in [0.3, 0.4) is 0 Å². The first-order valence-electron chi connectivity index (χ1n) is 5.09. The molecule has 2 nitrogen and oxygen atoms in total. The number of nitrogens with one attached hydrogen (secondary N) is 1. The minimum Gasteiger partial charge on any atom is -0.358 e. The zero-order valence-corrected chi connectivity index (χ0v) is 8.66. The van der Waals surface area contributed by atoms with Crippen LogP contribution in [0, 0.1) is 0 Å². The lowest BCUT2D eigenvalue weighted by molar-refractivity contribution is 0.103. The number of hydrogen-bond donors (Lipinski definition) is 1. The smallest absolute Gasteiger partial charge is 0.209 e. The summed E-state index contributed by atoms with van der Waals surface area (Å²) in [5.74, 6) is 0.0671. The fraction of sp³-hybridized carbons (Fsp3) is 0.154. The minimum atomic E-state index is 0.0671. The van der Waals surface area contributed by atoms with Crippen molar-refractivity contribution in [3.05, 3.63) is 59.4 Å². The molecule has 0 aliphatic carbocycles. The number of H-pyrrole nitrogens is 1. The first-order valence-corrected chi connectivity index (χ1v) is 5.09. The molecule has 0 amide bonds. The molecule has 15 heavy (non-hydrogen) atoms. The Hall–Kier alpha value is -1.83. The summed E-state index contributed by atoms with van der Waals surface area (Å²) in [5.41, 5.74) is 2.52. The van der Waals surface area contributed by atoms with Crippen LogP contribution in [-0.2, 0) is 6.42 Å². The highest BCUT2D eigenvalue weighted by atomic mass is 16.1.